The van der Waals surface area contributed by atoms with Crippen molar-refractivity contribution in [1.82, 2.24) is 0 Å². The summed E-state index contributed by atoms with van der Waals surface area (Å²) in [6.45, 7) is 0. The van der Waals surface area contributed by atoms with E-state index in [2.05, 4.69) is 5.92 Å². The Morgan fingerprint density at radius 2 is 1.94 bits per heavy atom. The van der Waals surface area contributed by atoms with Crippen molar-refractivity contribution in [3.63, 3.8) is 0 Å². The van der Waals surface area contributed by atoms with Crippen molar-refractivity contribution in [2.75, 3.05) is 0 Å². The predicted molar refractivity (Wildman–Crippen MR) is 71.3 cm³/mol. The van der Waals surface area contributed by atoms with Gasteiger partial charge in [-0.1, -0.05) is 18.0 Å². The van der Waals surface area contributed by atoms with Crippen LogP contribution in [0, 0.1) is 18.3 Å². The van der Waals surface area contributed by atoms with Crippen molar-refractivity contribution in [3.05, 3.63) is 29.3 Å². The smallest absolute Gasteiger partial charge is 0.119 e. The predicted octanol–water partition coefficient (Wildman–Crippen LogP) is 4.30. The first-order chi connectivity index (χ1) is 8.29. The molecule has 17 heavy (non-hydrogen) atoms. The number of hydrogen-bond donors (Lipinski definition) is 0. The van der Waals surface area contributed by atoms with E-state index in [4.69, 9.17) is 22.8 Å². The van der Waals surface area contributed by atoms with Crippen molar-refractivity contribution in [1.29, 1.82) is 0 Å². The second kappa shape index (κ2) is 5.98. The lowest BCUT2D eigenvalue weighted by atomic mass is 9.84. The van der Waals surface area contributed by atoms with Gasteiger partial charge in [-0.2, -0.15) is 0 Å². The highest BCUT2D eigenvalue weighted by molar-refractivity contribution is 6.30. The number of rotatable bonds is 3. The third-order valence-corrected chi connectivity index (χ3v) is 3.57. The zero-order valence-corrected chi connectivity index (χ0v) is 10.6. The summed E-state index contributed by atoms with van der Waals surface area (Å²) < 4.78 is 6.02. The van der Waals surface area contributed by atoms with Gasteiger partial charge in [0.15, 0.2) is 0 Å². The Balaban J connectivity index is 2.00. The van der Waals surface area contributed by atoms with Gasteiger partial charge in [0, 0.05) is 17.4 Å². The summed E-state index contributed by atoms with van der Waals surface area (Å²) in [6.07, 6.45) is 11.3. The lowest BCUT2D eigenvalue weighted by Crippen LogP contribution is -2.30. The molecule has 1 aliphatic rings. The molecule has 0 amide bonds. The Labute approximate surface area is 108 Å². The minimum absolute atomic E-state index is 0.265. The third kappa shape index (κ3) is 3.41. The molecule has 1 aliphatic carbocycles. The van der Waals surface area contributed by atoms with Gasteiger partial charge in [-0.15, -0.1) is 12.3 Å². The fourth-order valence-electron chi connectivity index (χ4n) is 2.40. The molecule has 0 saturated heterocycles. The van der Waals surface area contributed by atoms with E-state index in [0.29, 0.717) is 5.92 Å². The summed E-state index contributed by atoms with van der Waals surface area (Å²) in [5.74, 6) is 4.16. The van der Waals surface area contributed by atoms with E-state index >= 15 is 0 Å². The molecular formula is C15H17ClO. The number of hydrogen-bond acceptors (Lipinski definition) is 1. The number of ether oxygens (including phenoxy) is 1. The van der Waals surface area contributed by atoms with Gasteiger partial charge in [0.1, 0.15) is 11.9 Å². The largest absolute Gasteiger partial charge is 0.490 e. The zero-order chi connectivity index (χ0) is 12.1. The Hall–Kier alpha value is -1.13. The molecule has 1 nitrogen and oxygen atoms in total. The van der Waals surface area contributed by atoms with E-state index in [1.165, 1.54) is 19.3 Å². The first-order valence-electron chi connectivity index (χ1n) is 6.15. The zero-order valence-electron chi connectivity index (χ0n) is 9.86. The molecule has 0 bridgehead atoms. The molecule has 2 atom stereocenters. The van der Waals surface area contributed by atoms with Gasteiger partial charge in [-0.25, -0.2) is 0 Å². The molecule has 1 fully saturated rings. The Morgan fingerprint density at radius 1 is 1.24 bits per heavy atom. The maximum Gasteiger partial charge on any atom is 0.119 e. The van der Waals surface area contributed by atoms with Gasteiger partial charge in [0.05, 0.1) is 0 Å². The summed E-state index contributed by atoms with van der Waals surface area (Å²) in [6, 6.07) is 7.56. The molecule has 90 valence electrons. The summed E-state index contributed by atoms with van der Waals surface area (Å²) in [5.41, 5.74) is 0. The maximum absolute atomic E-state index is 6.02. The fourth-order valence-corrected chi connectivity index (χ4v) is 2.53. The van der Waals surface area contributed by atoms with Crippen LogP contribution in [0.3, 0.4) is 0 Å². The lowest BCUT2D eigenvalue weighted by molar-refractivity contribution is 0.0952. The topological polar surface area (TPSA) is 9.23 Å². The summed E-state index contributed by atoms with van der Waals surface area (Å²) >= 11 is 5.85. The molecule has 2 heteroatoms. The van der Waals surface area contributed by atoms with Gasteiger partial charge < -0.3 is 4.74 Å². The number of halogens is 1. The van der Waals surface area contributed by atoms with Crippen LogP contribution in [0.15, 0.2) is 24.3 Å². The van der Waals surface area contributed by atoms with E-state index in [-0.39, 0.29) is 6.10 Å². The monoisotopic (exact) mass is 248 g/mol. The molecule has 0 unspecified atom stereocenters. The number of benzene rings is 1. The van der Waals surface area contributed by atoms with Crippen LogP contribution in [0.4, 0.5) is 0 Å². The van der Waals surface area contributed by atoms with Gasteiger partial charge in [0.2, 0.25) is 0 Å². The second-order valence-electron chi connectivity index (χ2n) is 4.56. The maximum atomic E-state index is 6.02. The van der Waals surface area contributed by atoms with Crippen LogP contribution in [0.25, 0.3) is 0 Å². The molecule has 0 heterocycles. The van der Waals surface area contributed by atoms with Gasteiger partial charge >= 0.3 is 0 Å². The van der Waals surface area contributed by atoms with Gasteiger partial charge in [-0.3, -0.25) is 0 Å². The highest BCUT2D eigenvalue weighted by Gasteiger charge is 2.25. The van der Waals surface area contributed by atoms with Crippen LogP contribution in [-0.4, -0.2) is 6.10 Å². The second-order valence-corrected chi connectivity index (χ2v) is 5.00. The van der Waals surface area contributed by atoms with Crippen LogP contribution < -0.4 is 4.74 Å². The quantitative estimate of drug-likeness (QED) is 0.725. The van der Waals surface area contributed by atoms with Crippen LogP contribution in [0.5, 0.6) is 5.75 Å². The summed E-state index contributed by atoms with van der Waals surface area (Å²) in [5, 5.41) is 0.737. The molecule has 0 aromatic heterocycles. The fraction of sp³-hybridized carbons (Fsp3) is 0.467. The van der Waals surface area contributed by atoms with Crippen molar-refractivity contribution in [2.24, 2.45) is 5.92 Å². The van der Waals surface area contributed by atoms with Gasteiger partial charge in [0.25, 0.3) is 0 Å². The first-order valence-corrected chi connectivity index (χ1v) is 6.53. The van der Waals surface area contributed by atoms with Crippen molar-refractivity contribution in [2.45, 2.75) is 38.2 Å². The molecule has 1 aromatic rings. The van der Waals surface area contributed by atoms with Crippen LogP contribution in [0.1, 0.15) is 32.1 Å². The molecular weight excluding hydrogens is 232 g/mol. The highest BCUT2D eigenvalue weighted by Crippen LogP contribution is 2.30. The first kappa shape index (κ1) is 12.3. The summed E-state index contributed by atoms with van der Waals surface area (Å²) in [4.78, 5) is 0. The van der Waals surface area contributed by atoms with Crippen molar-refractivity contribution < 1.29 is 4.74 Å². The Morgan fingerprint density at radius 3 is 2.65 bits per heavy atom. The van der Waals surface area contributed by atoms with Crippen LogP contribution in [0.2, 0.25) is 5.02 Å². The molecule has 1 aromatic carbocycles. The minimum Gasteiger partial charge on any atom is -0.490 e. The number of terminal acetylenes is 1. The molecule has 1 saturated carbocycles. The molecule has 0 spiro atoms. The average Bonchev–Trinajstić information content (AvgIpc) is 2.35. The summed E-state index contributed by atoms with van der Waals surface area (Å²) in [7, 11) is 0. The van der Waals surface area contributed by atoms with E-state index < -0.39 is 0 Å². The minimum atomic E-state index is 0.265. The van der Waals surface area contributed by atoms with E-state index in [0.717, 1.165) is 23.6 Å². The standard InChI is InChI=1S/C15H17ClO/c1-2-5-12-6-3-4-7-15(12)17-14-10-8-13(16)9-11-14/h1,8-12,15H,3-7H2/t12-,15+/m1/s1. The van der Waals surface area contributed by atoms with Gasteiger partial charge in [-0.05, 0) is 43.5 Å². The SMILES string of the molecule is C#CC[C@@H]1CCCC[C@@H]1Oc1ccc(Cl)cc1. The Kier molecular flexibility index (Phi) is 4.34. The molecule has 0 aliphatic heterocycles. The van der Waals surface area contributed by atoms with Crippen molar-refractivity contribution in [3.8, 4) is 18.1 Å². The average molecular weight is 249 g/mol. The molecule has 0 N–H and O–H groups in total. The Bertz CT molecular complexity index is 390. The molecule has 2 rings (SSSR count). The van der Waals surface area contributed by atoms with Crippen LogP contribution in [-0.2, 0) is 0 Å². The normalized spacial score (nSPS) is 24.0. The van der Waals surface area contributed by atoms with Crippen molar-refractivity contribution >= 4 is 11.6 Å². The van der Waals surface area contributed by atoms with E-state index in [9.17, 15) is 0 Å². The lowest BCUT2D eigenvalue weighted by Gasteiger charge is -2.30. The van der Waals surface area contributed by atoms with E-state index in [1.54, 1.807) is 0 Å². The van der Waals surface area contributed by atoms with Crippen LogP contribution >= 0.6 is 11.6 Å². The van der Waals surface area contributed by atoms with E-state index in [1.807, 2.05) is 24.3 Å². The highest BCUT2D eigenvalue weighted by atomic mass is 35.5. The molecule has 0 radical (unpaired) electrons. The third-order valence-electron chi connectivity index (χ3n) is 3.32.